The molecule has 2 heterocycles. The number of nitrogens with zero attached hydrogens (tertiary/aromatic N) is 4. The average molecular weight is 295 g/mol. The Morgan fingerprint density at radius 2 is 2.29 bits per heavy atom. The van der Waals surface area contributed by atoms with E-state index in [1.807, 2.05) is 6.92 Å². The van der Waals surface area contributed by atoms with Gasteiger partial charge in [-0.15, -0.1) is 0 Å². The zero-order valence-corrected chi connectivity index (χ0v) is 12.4. The Hall–Kier alpha value is -2.12. The normalized spacial score (nSPS) is 21.5. The van der Waals surface area contributed by atoms with Crippen molar-refractivity contribution in [1.82, 2.24) is 25.0 Å². The molecular weight excluding hydrogens is 274 g/mol. The van der Waals surface area contributed by atoms with Crippen molar-refractivity contribution in [2.45, 2.75) is 44.7 Å². The van der Waals surface area contributed by atoms with Crippen LogP contribution in [0.1, 0.15) is 38.4 Å². The highest BCUT2D eigenvalue weighted by Gasteiger charge is 2.49. The van der Waals surface area contributed by atoms with Crippen molar-refractivity contribution >= 4 is 12.0 Å². The molecule has 1 aromatic rings. The number of hydrogen-bond acceptors (Lipinski definition) is 4. The highest BCUT2D eigenvalue weighted by atomic mass is 16.4. The molecule has 2 rings (SSSR count). The third kappa shape index (κ3) is 2.98. The van der Waals surface area contributed by atoms with Gasteiger partial charge in [0.25, 0.3) is 0 Å². The summed E-state index contributed by atoms with van der Waals surface area (Å²) in [5.74, 6) is -0.422. The quantitative estimate of drug-likeness (QED) is 0.834. The number of carbonyl (C=O) groups excluding carboxylic acids is 1. The smallest absolute Gasteiger partial charge is 0.329 e. The van der Waals surface area contributed by atoms with Gasteiger partial charge in [-0.25, -0.2) is 14.6 Å². The molecule has 1 unspecified atom stereocenters. The lowest BCUT2D eigenvalue weighted by Crippen LogP contribution is -2.55. The molecule has 0 spiro atoms. The van der Waals surface area contributed by atoms with Gasteiger partial charge in [-0.2, -0.15) is 5.10 Å². The van der Waals surface area contributed by atoms with Gasteiger partial charge in [0.1, 0.15) is 11.9 Å². The van der Waals surface area contributed by atoms with E-state index in [0.29, 0.717) is 31.6 Å². The van der Waals surface area contributed by atoms with Crippen LogP contribution in [0.2, 0.25) is 0 Å². The molecule has 0 aromatic carbocycles. The highest BCUT2D eigenvalue weighted by Crippen LogP contribution is 2.34. The first-order chi connectivity index (χ1) is 9.99. The molecule has 8 heteroatoms. The molecule has 1 aliphatic rings. The Morgan fingerprint density at radius 1 is 1.52 bits per heavy atom. The molecule has 2 amide bonds. The summed E-state index contributed by atoms with van der Waals surface area (Å²) < 4.78 is 1.55. The lowest BCUT2D eigenvalue weighted by atomic mass is 9.91. The fourth-order valence-electron chi connectivity index (χ4n) is 2.89. The van der Waals surface area contributed by atoms with Gasteiger partial charge in [0, 0.05) is 13.6 Å². The van der Waals surface area contributed by atoms with Crippen LogP contribution in [0.3, 0.4) is 0 Å². The number of urea groups is 1. The van der Waals surface area contributed by atoms with Crippen LogP contribution in [0, 0.1) is 0 Å². The van der Waals surface area contributed by atoms with Gasteiger partial charge in [0.15, 0.2) is 5.82 Å². The van der Waals surface area contributed by atoms with Crippen LogP contribution >= 0.6 is 0 Å². The molecule has 1 saturated heterocycles. The number of rotatable bonds is 5. The van der Waals surface area contributed by atoms with Crippen LogP contribution in [0.25, 0.3) is 0 Å². The molecule has 21 heavy (non-hydrogen) atoms. The van der Waals surface area contributed by atoms with Crippen molar-refractivity contribution in [3.63, 3.8) is 0 Å². The number of likely N-dealkylation sites (tertiary alicyclic amines) is 1. The zero-order valence-electron chi connectivity index (χ0n) is 12.4. The van der Waals surface area contributed by atoms with E-state index in [2.05, 4.69) is 15.4 Å². The number of amides is 2. The minimum absolute atomic E-state index is 0.192. The zero-order chi connectivity index (χ0) is 15.5. The lowest BCUT2D eigenvalue weighted by molar-refractivity contribution is -0.148. The second-order valence-corrected chi connectivity index (χ2v) is 5.34. The van der Waals surface area contributed by atoms with E-state index in [4.69, 9.17) is 0 Å². The largest absolute Gasteiger partial charge is 0.479 e. The van der Waals surface area contributed by atoms with E-state index in [1.165, 1.54) is 4.90 Å². The minimum atomic E-state index is -1.07. The summed E-state index contributed by atoms with van der Waals surface area (Å²) >= 11 is 0. The van der Waals surface area contributed by atoms with Crippen molar-refractivity contribution in [2.24, 2.45) is 7.05 Å². The number of carboxylic acids is 1. The summed E-state index contributed by atoms with van der Waals surface area (Å²) in [5, 5.41) is 16.3. The van der Waals surface area contributed by atoms with Gasteiger partial charge >= 0.3 is 12.0 Å². The second-order valence-electron chi connectivity index (χ2n) is 5.34. The average Bonchev–Trinajstić information content (AvgIpc) is 3.04. The Morgan fingerprint density at radius 3 is 2.86 bits per heavy atom. The Balaban J connectivity index is 2.04. The fraction of sp³-hybridized carbons (Fsp3) is 0.692. The third-order valence-corrected chi connectivity index (χ3v) is 3.84. The Labute approximate surface area is 123 Å². The van der Waals surface area contributed by atoms with E-state index < -0.39 is 11.5 Å². The first kappa shape index (κ1) is 15.3. The van der Waals surface area contributed by atoms with Crippen LogP contribution in [-0.4, -0.2) is 48.9 Å². The van der Waals surface area contributed by atoms with Crippen molar-refractivity contribution < 1.29 is 14.7 Å². The lowest BCUT2D eigenvalue weighted by Gasteiger charge is -2.34. The molecule has 0 radical (unpaired) electrons. The van der Waals surface area contributed by atoms with Gasteiger partial charge in [0.05, 0.1) is 6.54 Å². The number of aliphatic carboxylic acids is 1. The third-order valence-electron chi connectivity index (χ3n) is 3.84. The first-order valence-electron chi connectivity index (χ1n) is 7.13. The number of carboxylic acid groups (broad SMARTS) is 1. The molecule has 1 aliphatic heterocycles. The summed E-state index contributed by atoms with van der Waals surface area (Å²) in [5.41, 5.74) is -1.07. The number of nitrogens with one attached hydrogen (secondary N) is 1. The predicted molar refractivity (Wildman–Crippen MR) is 74.5 cm³/mol. The van der Waals surface area contributed by atoms with Crippen molar-refractivity contribution in [3.8, 4) is 0 Å². The number of hydrogen-bond donors (Lipinski definition) is 2. The molecule has 0 aliphatic carbocycles. The molecule has 1 aromatic heterocycles. The fourth-order valence-corrected chi connectivity index (χ4v) is 2.89. The van der Waals surface area contributed by atoms with Crippen molar-refractivity contribution in [2.75, 3.05) is 6.54 Å². The van der Waals surface area contributed by atoms with E-state index in [-0.39, 0.29) is 12.6 Å². The molecule has 0 saturated carbocycles. The maximum atomic E-state index is 12.3. The monoisotopic (exact) mass is 295 g/mol. The van der Waals surface area contributed by atoms with Crippen LogP contribution < -0.4 is 5.32 Å². The Kier molecular flexibility index (Phi) is 4.44. The topological polar surface area (TPSA) is 100 Å². The van der Waals surface area contributed by atoms with E-state index in [0.717, 1.165) is 6.42 Å². The first-order valence-corrected chi connectivity index (χ1v) is 7.13. The van der Waals surface area contributed by atoms with Gasteiger partial charge in [0.2, 0.25) is 0 Å². The molecule has 116 valence electrons. The van der Waals surface area contributed by atoms with Crippen molar-refractivity contribution in [3.05, 3.63) is 12.2 Å². The molecular formula is C13H21N5O3. The number of aromatic nitrogens is 3. The second kappa shape index (κ2) is 6.11. The highest BCUT2D eigenvalue weighted by molar-refractivity contribution is 5.87. The molecule has 2 N–H and O–H groups in total. The SMILES string of the molecule is CCCC1(C(=O)O)CCCN1C(=O)NCc1ncn(C)n1. The summed E-state index contributed by atoms with van der Waals surface area (Å²) in [6, 6.07) is -0.365. The van der Waals surface area contributed by atoms with Crippen LogP contribution in [0.5, 0.6) is 0 Å². The summed E-state index contributed by atoms with van der Waals surface area (Å²) in [6.45, 7) is 2.59. The van der Waals surface area contributed by atoms with Gasteiger partial charge in [-0.1, -0.05) is 13.3 Å². The standard InChI is InChI=1S/C13H21N5O3/c1-3-5-13(11(19)20)6-4-7-18(13)12(21)14-8-10-15-9-17(2)16-10/h9H,3-8H2,1-2H3,(H,14,21)(H,19,20). The molecule has 8 nitrogen and oxygen atoms in total. The molecule has 1 atom stereocenters. The van der Waals surface area contributed by atoms with Gasteiger partial charge < -0.3 is 15.3 Å². The maximum Gasteiger partial charge on any atom is 0.329 e. The van der Waals surface area contributed by atoms with Crippen LogP contribution in [0.15, 0.2) is 6.33 Å². The number of carbonyl (C=O) groups is 2. The maximum absolute atomic E-state index is 12.3. The predicted octanol–water partition coefficient (Wildman–Crippen LogP) is 0.744. The van der Waals surface area contributed by atoms with Gasteiger partial charge in [-0.05, 0) is 19.3 Å². The summed E-state index contributed by atoms with van der Waals surface area (Å²) in [7, 11) is 1.75. The van der Waals surface area contributed by atoms with E-state index in [1.54, 1.807) is 18.1 Å². The minimum Gasteiger partial charge on any atom is -0.479 e. The van der Waals surface area contributed by atoms with Crippen LogP contribution in [-0.2, 0) is 18.4 Å². The molecule has 1 fully saturated rings. The van der Waals surface area contributed by atoms with Gasteiger partial charge in [-0.3, -0.25) is 4.68 Å². The Bertz CT molecular complexity index is 530. The molecule has 0 bridgehead atoms. The summed E-state index contributed by atoms with van der Waals surface area (Å²) in [4.78, 5) is 29.4. The van der Waals surface area contributed by atoms with E-state index in [9.17, 15) is 14.7 Å². The van der Waals surface area contributed by atoms with Crippen molar-refractivity contribution in [1.29, 1.82) is 0 Å². The summed E-state index contributed by atoms with van der Waals surface area (Å²) in [6.07, 6.45) is 3.96. The van der Waals surface area contributed by atoms with E-state index >= 15 is 0 Å². The van der Waals surface area contributed by atoms with Crippen LogP contribution in [0.4, 0.5) is 4.79 Å². The number of aryl methyl sites for hydroxylation is 1.